The molecule has 1 aromatic heterocycles. The number of rotatable bonds is 4. The lowest BCUT2D eigenvalue weighted by Crippen LogP contribution is -2.12. The van der Waals surface area contributed by atoms with Crippen molar-refractivity contribution in [2.24, 2.45) is 0 Å². The van der Waals surface area contributed by atoms with Gasteiger partial charge in [-0.15, -0.1) is 0 Å². The highest BCUT2D eigenvalue weighted by molar-refractivity contribution is 9.10. The van der Waals surface area contributed by atoms with Gasteiger partial charge < -0.3 is 5.32 Å². The third kappa shape index (κ3) is 2.72. The molecule has 1 N–H and O–H groups in total. The van der Waals surface area contributed by atoms with Crippen LogP contribution in [0.1, 0.15) is 31.3 Å². The number of aromatic nitrogens is 3. The molecule has 2 rings (SSSR count). The lowest BCUT2D eigenvalue weighted by atomic mass is 10.2. The Bertz CT molecular complexity index is 534. The van der Waals surface area contributed by atoms with E-state index in [1.807, 2.05) is 16.8 Å². The molecule has 0 radical (unpaired) electrons. The van der Waals surface area contributed by atoms with E-state index in [1.165, 1.54) is 5.56 Å². The third-order valence-electron chi connectivity index (χ3n) is 2.77. The predicted molar refractivity (Wildman–Crippen MR) is 76.6 cm³/mol. The van der Waals surface area contributed by atoms with Gasteiger partial charge in [-0.2, -0.15) is 5.10 Å². The summed E-state index contributed by atoms with van der Waals surface area (Å²) in [6, 6.07) is 6.49. The molecule has 0 aliphatic rings. The quantitative estimate of drug-likeness (QED) is 0.939. The van der Waals surface area contributed by atoms with E-state index in [9.17, 15) is 0 Å². The fourth-order valence-corrected chi connectivity index (χ4v) is 2.19. The zero-order valence-electron chi connectivity index (χ0n) is 10.8. The standard InChI is InChI=1S/C13H17BrN4/c1-9(2)18-12(16-8-17-18)7-15-11-6-4-5-10(3)13(11)14/h4-6,8-9,15H,7H2,1-3H3. The van der Waals surface area contributed by atoms with Crippen molar-refractivity contribution in [1.82, 2.24) is 14.8 Å². The zero-order valence-corrected chi connectivity index (χ0v) is 12.4. The Morgan fingerprint density at radius 1 is 1.39 bits per heavy atom. The topological polar surface area (TPSA) is 42.7 Å². The second-order valence-electron chi connectivity index (χ2n) is 4.50. The fourth-order valence-electron chi connectivity index (χ4n) is 1.79. The number of nitrogens with zero attached hydrogens (tertiary/aromatic N) is 3. The molecule has 0 fully saturated rings. The van der Waals surface area contributed by atoms with Crippen LogP contribution in [0.3, 0.4) is 0 Å². The van der Waals surface area contributed by atoms with Gasteiger partial charge in [0.05, 0.1) is 6.54 Å². The molecular formula is C13H17BrN4. The minimum Gasteiger partial charge on any atom is -0.377 e. The molecule has 0 atom stereocenters. The van der Waals surface area contributed by atoms with Crippen molar-refractivity contribution in [3.8, 4) is 0 Å². The van der Waals surface area contributed by atoms with Crippen molar-refractivity contribution in [2.45, 2.75) is 33.4 Å². The summed E-state index contributed by atoms with van der Waals surface area (Å²) < 4.78 is 3.03. The van der Waals surface area contributed by atoms with Crippen LogP contribution in [0.2, 0.25) is 0 Å². The first-order valence-corrected chi connectivity index (χ1v) is 6.76. The van der Waals surface area contributed by atoms with Crippen LogP contribution in [0.4, 0.5) is 5.69 Å². The summed E-state index contributed by atoms with van der Waals surface area (Å²) in [7, 11) is 0. The van der Waals surface area contributed by atoms with Crippen molar-refractivity contribution < 1.29 is 0 Å². The van der Waals surface area contributed by atoms with Crippen molar-refractivity contribution in [1.29, 1.82) is 0 Å². The van der Waals surface area contributed by atoms with Gasteiger partial charge in [-0.25, -0.2) is 9.67 Å². The number of benzene rings is 1. The van der Waals surface area contributed by atoms with Gasteiger partial charge in [0.25, 0.3) is 0 Å². The van der Waals surface area contributed by atoms with Crippen LogP contribution in [0.5, 0.6) is 0 Å². The van der Waals surface area contributed by atoms with Gasteiger partial charge >= 0.3 is 0 Å². The van der Waals surface area contributed by atoms with E-state index in [-0.39, 0.29) is 0 Å². The average Bonchev–Trinajstić information content (AvgIpc) is 2.79. The highest BCUT2D eigenvalue weighted by atomic mass is 79.9. The third-order valence-corrected chi connectivity index (χ3v) is 3.82. The SMILES string of the molecule is Cc1cccc(NCc2ncnn2C(C)C)c1Br. The Hall–Kier alpha value is -1.36. The van der Waals surface area contributed by atoms with Crippen LogP contribution in [-0.2, 0) is 6.54 Å². The van der Waals surface area contributed by atoms with Crippen LogP contribution in [0.15, 0.2) is 29.0 Å². The molecule has 96 valence electrons. The molecule has 2 aromatic rings. The maximum atomic E-state index is 4.28. The monoisotopic (exact) mass is 308 g/mol. The van der Waals surface area contributed by atoms with Crippen molar-refractivity contribution in [2.75, 3.05) is 5.32 Å². The summed E-state index contributed by atoms with van der Waals surface area (Å²) in [5, 5.41) is 7.60. The molecule has 1 aromatic carbocycles. The molecule has 5 heteroatoms. The van der Waals surface area contributed by atoms with E-state index in [0.29, 0.717) is 12.6 Å². The fraction of sp³-hybridized carbons (Fsp3) is 0.385. The lowest BCUT2D eigenvalue weighted by Gasteiger charge is -2.12. The molecule has 0 amide bonds. The molecule has 0 bridgehead atoms. The second-order valence-corrected chi connectivity index (χ2v) is 5.30. The predicted octanol–water partition coefficient (Wildman–Crippen LogP) is 3.54. The first-order valence-electron chi connectivity index (χ1n) is 5.97. The molecule has 0 unspecified atom stereocenters. The van der Waals surface area contributed by atoms with Gasteiger partial charge in [0.2, 0.25) is 0 Å². The maximum Gasteiger partial charge on any atom is 0.146 e. The van der Waals surface area contributed by atoms with E-state index in [1.54, 1.807) is 6.33 Å². The van der Waals surface area contributed by atoms with Gasteiger partial charge in [-0.1, -0.05) is 12.1 Å². The number of nitrogens with one attached hydrogen (secondary N) is 1. The molecule has 0 spiro atoms. The lowest BCUT2D eigenvalue weighted by molar-refractivity contribution is 0.509. The Kier molecular flexibility index (Phi) is 4.01. The summed E-state index contributed by atoms with van der Waals surface area (Å²) in [4.78, 5) is 4.28. The first-order chi connectivity index (χ1) is 8.59. The summed E-state index contributed by atoms with van der Waals surface area (Å²) >= 11 is 3.59. The number of hydrogen-bond donors (Lipinski definition) is 1. The molecule has 18 heavy (non-hydrogen) atoms. The summed E-state index contributed by atoms with van der Waals surface area (Å²) in [5.74, 6) is 0.943. The Morgan fingerprint density at radius 2 is 2.17 bits per heavy atom. The van der Waals surface area contributed by atoms with Crippen molar-refractivity contribution in [3.05, 3.63) is 40.4 Å². The molecule has 0 saturated carbocycles. The smallest absolute Gasteiger partial charge is 0.146 e. The summed E-state index contributed by atoms with van der Waals surface area (Å²) in [5.41, 5.74) is 2.29. The molecule has 0 aliphatic carbocycles. The van der Waals surface area contributed by atoms with E-state index in [0.717, 1.165) is 16.0 Å². The molecule has 0 saturated heterocycles. The largest absolute Gasteiger partial charge is 0.377 e. The first kappa shape index (κ1) is 13.1. The second kappa shape index (κ2) is 5.52. The molecule has 4 nitrogen and oxygen atoms in total. The minimum atomic E-state index is 0.324. The molecule has 0 aliphatic heterocycles. The van der Waals surface area contributed by atoms with Crippen molar-refractivity contribution >= 4 is 21.6 Å². The van der Waals surface area contributed by atoms with E-state index in [2.05, 4.69) is 58.2 Å². The zero-order chi connectivity index (χ0) is 13.1. The minimum absolute atomic E-state index is 0.324. The maximum absolute atomic E-state index is 4.28. The van der Waals surface area contributed by atoms with Crippen LogP contribution in [0.25, 0.3) is 0 Å². The average molecular weight is 309 g/mol. The Balaban J connectivity index is 2.12. The van der Waals surface area contributed by atoms with Crippen LogP contribution < -0.4 is 5.32 Å². The Labute approximate surface area is 116 Å². The number of halogens is 1. The van der Waals surface area contributed by atoms with E-state index < -0.39 is 0 Å². The number of hydrogen-bond acceptors (Lipinski definition) is 3. The summed E-state index contributed by atoms with van der Waals surface area (Å²) in [6.07, 6.45) is 1.60. The van der Waals surface area contributed by atoms with Crippen molar-refractivity contribution in [3.63, 3.8) is 0 Å². The highest BCUT2D eigenvalue weighted by Crippen LogP contribution is 2.26. The number of aryl methyl sites for hydroxylation is 1. The number of anilines is 1. The van der Waals surface area contributed by atoms with Gasteiger partial charge in [0, 0.05) is 16.2 Å². The highest BCUT2D eigenvalue weighted by Gasteiger charge is 2.08. The van der Waals surface area contributed by atoms with Crippen LogP contribution in [-0.4, -0.2) is 14.8 Å². The molecule has 1 heterocycles. The van der Waals surface area contributed by atoms with Gasteiger partial charge in [-0.05, 0) is 48.3 Å². The normalized spacial score (nSPS) is 10.9. The Morgan fingerprint density at radius 3 is 2.89 bits per heavy atom. The summed E-state index contributed by atoms with van der Waals surface area (Å²) in [6.45, 7) is 6.94. The van der Waals surface area contributed by atoms with Gasteiger partial charge in [-0.3, -0.25) is 0 Å². The van der Waals surface area contributed by atoms with Crippen LogP contribution >= 0.6 is 15.9 Å². The van der Waals surface area contributed by atoms with Gasteiger partial charge in [0.15, 0.2) is 0 Å². The van der Waals surface area contributed by atoms with Crippen LogP contribution in [0, 0.1) is 6.92 Å². The van der Waals surface area contributed by atoms with E-state index in [4.69, 9.17) is 0 Å². The van der Waals surface area contributed by atoms with E-state index >= 15 is 0 Å². The molecular weight excluding hydrogens is 292 g/mol. The van der Waals surface area contributed by atoms with Gasteiger partial charge in [0.1, 0.15) is 12.2 Å².